The Morgan fingerprint density at radius 2 is 2.04 bits per heavy atom. The second-order valence-corrected chi connectivity index (χ2v) is 7.52. The molecule has 0 saturated carbocycles. The summed E-state index contributed by atoms with van der Waals surface area (Å²) < 4.78 is 5.82. The van der Waals surface area contributed by atoms with Crippen LogP contribution in [0.3, 0.4) is 0 Å². The quantitative estimate of drug-likeness (QED) is 0.882. The van der Waals surface area contributed by atoms with Crippen LogP contribution in [0.2, 0.25) is 5.02 Å². The Morgan fingerprint density at radius 3 is 2.72 bits per heavy atom. The van der Waals surface area contributed by atoms with Gasteiger partial charge in [0.1, 0.15) is 11.4 Å². The number of aromatic amines is 1. The fourth-order valence-electron chi connectivity index (χ4n) is 3.17. The molecule has 1 aromatic heterocycles. The van der Waals surface area contributed by atoms with Crippen molar-refractivity contribution < 1.29 is 9.53 Å². The van der Waals surface area contributed by atoms with Gasteiger partial charge in [0.05, 0.1) is 5.02 Å². The lowest BCUT2D eigenvalue weighted by Gasteiger charge is -2.17. The van der Waals surface area contributed by atoms with Gasteiger partial charge >= 0.3 is 0 Å². The molecule has 1 aliphatic heterocycles. The van der Waals surface area contributed by atoms with Crippen LogP contribution >= 0.6 is 11.6 Å². The number of halogens is 1. The van der Waals surface area contributed by atoms with Crippen LogP contribution in [-0.2, 0) is 13.0 Å². The van der Waals surface area contributed by atoms with Crippen molar-refractivity contribution in [3.63, 3.8) is 0 Å². The van der Waals surface area contributed by atoms with E-state index in [4.69, 9.17) is 16.3 Å². The fourth-order valence-corrected chi connectivity index (χ4v) is 3.45. The van der Waals surface area contributed by atoms with Gasteiger partial charge < -0.3 is 15.0 Å². The van der Waals surface area contributed by atoms with Crippen molar-refractivity contribution in [2.24, 2.45) is 0 Å². The van der Waals surface area contributed by atoms with Crippen LogP contribution < -0.4 is 15.6 Å². The third-order valence-corrected chi connectivity index (χ3v) is 4.58. The number of benzene rings is 1. The summed E-state index contributed by atoms with van der Waals surface area (Å²) >= 11 is 6.27. The molecule has 2 heterocycles. The van der Waals surface area contributed by atoms with Crippen LogP contribution in [0.15, 0.2) is 23.0 Å². The van der Waals surface area contributed by atoms with Crippen LogP contribution in [0, 0.1) is 13.8 Å². The van der Waals surface area contributed by atoms with E-state index < -0.39 is 0 Å². The van der Waals surface area contributed by atoms with Gasteiger partial charge in [-0.1, -0.05) is 11.6 Å². The molecule has 0 saturated heterocycles. The van der Waals surface area contributed by atoms with Crippen LogP contribution in [0.5, 0.6) is 5.75 Å². The smallest absolute Gasteiger partial charge is 0.253 e. The maximum atomic E-state index is 12.5. The number of amides is 1. The Hall–Kier alpha value is -2.27. The third kappa shape index (κ3) is 3.56. The number of fused-ring (bicyclic) bond motifs is 1. The molecule has 25 heavy (non-hydrogen) atoms. The number of hydrogen-bond donors (Lipinski definition) is 2. The van der Waals surface area contributed by atoms with Crippen molar-refractivity contribution in [1.29, 1.82) is 0 Å². The lowest BCUT2D eigenvalue weighted by atomic mass is 10.00. The summed E-state index contributed by atoms with van der Waals surface area (Å²) in [6.45, 7) is 7.81. The number of carbonyl (C=O) groups is 1. The number of hydrogen-bond acceptors (Lipinski definition) is 3. The Kier molecular flexibility index (Phi) is 4.37. The molecule has 3 rings (SSSR count). The molecule has 0 fully saturated rings. The van der Waals surface area contributed by atoms with E-state index in [0.717, 1.165) is 16.8 Å². The first kappa shape index (κ1) is 17.5. The van der Waals surface area contributed by atoms with Crippen molar-refractivity contribution in [3.8, 4) is 5.75 Å². The SMILES string of the molecule is Cc1cc(C)c(CNC(=O)c2cc(Cl)c3c(c2)CC(C)(C)O3)c(=O)[nH]1. The standard InChI is InChI=1S/C19H21ClN2O3/c1-10-5-11(2)22-18(24)14(10)9-21-17(23)12-6-13-8-19(3,4)25-16(13)15(20)7-12/h5-7H,8-9H2,1-4H3,(H,21,23)(H,22,24). The number of H-pyrrole nitrogens is 1. The topological polar surface area (TPSA) is 71.2 Å². The Labute approximate surface area is 151 Å². The minimum atomic E-state index is -0.326. The van der Waals surface area contributed by atoms with E-state index in [1.807, 2.05) is 33.8 Å². The third-order valence-electron chi connectivity index (χ3n) is 4.30. The van der Waals surface area contributed by atoms with Crippen LogP contribution in [-0.4, -0.2) is 16.5 Å². The molecule has 132 valence electrons. The van der Waals surface area contributed by atoms with Crippen LogP contribution in [0.1, 0.15) is 46.6 Å². The van der Waals surface area contributed by atoms with Gasteiger partial charge in [0.15, 0.2) is 0 Å². The van der Waals surface area contributed by atoms with E-state index in [1.165, 1.54) is 0 Å². The first-order valence-electron chi connectivity index (χ1n) is 8.15. The van der Waals surface area contributed by atoms with Gasteiger partial charge in [-0.3, -0.25) is 9.59 Å². The minimum Gasteiger partial charge on any atom is -0.486 e. The molecule has 0 bridgehead atoms. The lowest BCUT2D eigenvalue weighted by Crippen LogP contribution is -2.28. The molecule has 0 aliphatic carbocycles. The maximum absolute atomic E-state index is 12.5. The van der Waals surface area contributed by atoms with Crippen molar-refractivity contribution in [2.45, 2.75) is 46.3 Å². The number of nitrogens with one attached hydrogen (secondary N) is 2. The highest BCUT2D eigenvalue weighted by Crippen LogP contribution is 2.40. The molecule has 5 nitrogen and oxygen atoms in total. The van der Waals surface area contributed by atoms with E-state index in [2.05, 4.69) is 10.3 Å². The van der Waals surface area contributed by atoms with Gasteiger partial charge in [0.25, 0.3) is 11.5 Å². The summed E-state index contributed by atoms with van der Waals surface area (Å²) in [6.07, 6.45) is 0.694. The van der Waals surface area contributed by atoms with Gasteiger partial charge in [-0.25, -0.2) is 0 Å². The lowest BCUT2D eigenvalue weighted by molar-refractivity contribution is 0.0950. The van der Waals surface area contributed by atoms with Gasteiger partial charge in [-0.15, -0.1) is 0 Å². The number of carbonyl (C=O) groups excluding carboxylic acids is 1. The van der Waals surface area contributed by atoms with Gasteiger partial charge in [-0.2, -0.15) is 0 Å². The molecule has 1 aliphatic rings. The van der Waals surface area contributed by atoms with E-state index in [9.17, 15) is 9.59 Å². The first-order valence-corrected chi connectivity index (χ1v) is 8.53. The molecule has 0 radical (unpaired) electrons. The van der Waals surface area contributed by atoms with Crippen molar-refractivity contribution in [1.82, 2.24) is 10.3 Å². The summed E-state index contributed by atoms with van der Waals surface area (Å²) in [5.41, 5.74) is 3.08. The monoisotopic (exact) mass is 360 g/mol. The molecular formula is C19H21ClN2O3. The molecule has 0 unspecified atom stereocenters. The maximum Gasteiger partial charge on any atom is 0.253 e. The molecule has 2 aromatic rings. The number of aryl methyl sites for hydroxylation is 2. The van der Waals surface area contributed by atoms with E-state index in [-0.39, 0.29) is 23.6 Å². The molecular weight excluding hydrogens is 340 g/mol. The number of pyridine rings is 1. The summed E-state index contributed by atoms with van der Waals surface area (Å²) in [5, 5.41) is 3.23. The number of ether oxygens (including phenoxy) is 1. The highest BCUT2D eigenvalue weighted by atomic mass is 35.5. The van der Waals surface area contributed by atoms with E-state index in [1.54, 1.807) is 12.1 Å². The summed E-state index contributed by atoms with van der Waals surface area (Å²) in [4.78, 5) is 27.3. The average Bonchev–Trinajstić information content (AvgIpc) is 2.80. The Balaban J connectivity index is 1.80. The zero-order valence-electron chi connectivity index (χ0n) is 14.7. The largest absolute Gasteiger partial charge is 0.486 e. The van der Waals surface area contributed by atoms with Crippen LogP contribution in [0.4, 0.5) is 0 Å². The Bertz CT molecular complexity index is 916. The predicted octanol–water partition coefficient (Wildman–Crippen LogP) is 3.29. The molecule has 6 heteroatoms. The van der Waals surface area contributed by atoms with Crippen molar-refractivity contribution in [3.05, 3.63) is 61.5 Å². The summed E-state index contributed by atoms with van der Waals surface area (Å²) in [5.74, 6) is 0.378. The fraction of sp³-hybridized carbons (Fsp3) is 0.368. The summed E-state index contributed by atoms with van der Waals surface area (Å²) in [7, 11) is 0. The van der Waals surface area contributed by atoms with Gasteiger partial charge in [-0.05, 0) is 51.5 Å². The highest BCUT2D eigenvalue weighted by Gasteiger charge is 2.32. The second kappa shape index (κ2) is 6.23. The number of aromatic nitrogens is 1. The summed E-state index contributed by atoms with van der Waals surface area (Å²) in [6, 6.07) is 5.29. The average molecular weight is 361 g/mol. The zero-order valence-corrected chi connectivity index (χ0v) is 15.5. The zero-order chi connectivity index (χ0) is 18.4. The molecule has 1 amide bonds. The molecule has 0 atom stereocenters. The van der Waals surface area contributed by atoms with Crippen LogP contribution in [0.25, 0.3) is 0 Å². The first-order chi connectivity index (χ1) is 11.7. The molecule has 1 aromatic carbocycles. The molecule has 2 N–H and O–H groups in total. The molecule has 0 spiro atoms. The van der Waals surface area contributed by atoms with E-state index >= 15 is 0 Å². The van der Waals surface area contributed by atoms with Gasteiger partial charge in [0.2, 0.25) is 0 Å². The van der Waals surface area contributed by atoms with E-state index in [0.29, 0.717) is 28.3 Å². The predicted molar refractivity (Wildman–Crippen MR) is 97.6 cm³/mol. The normalized spacial score (nSPS) is 14.8. The van der Waals surface area contributed by atoms with Crippen molar-refractivity contribution in [2.75, 3.05) is 0 Å². The highest BCUT2D eigenvalue weighted by molar-refractivity contribution is 6.32. The van der Waals surface area contributed by atoms with Crippen molar-refractivity contribution >= 4 is 17.5 Å². The Morgan fingerprint density at radius 1 is 1.32 bits per heavy atom. The second-order valence-electron chi connectivity index (χ2n) is 7.11. The minimum absolute atomic E-state index is 0.164. The number of rotatable bonds is 3. The van der Waals surface area contributed by atoms with Gasteiger partial charge in [0, 0.05) is 35.3 Å².